The lowest BCUT2D eigenvalue weighted by molar-refractivity contribution is 0.0487. The molecule has 3 aromatic rings. The molecule has 1 fully saturated rings. The molecule has 0 atom stereocenters. The number of nitrogens with zero attached hydrogens (tertiary/aromatic N) is 3. The quantitative estimate of drug-likeness (QED) is 0.553. The molecule has 192 valence electrons. The zero-order valence-corrected chi connectivity index (χ0v) is 21.3. The molecule has 2 amide bonds. The first-order valence-corrected chi connectivity index (χ1v) is 12.1. The summed E-state index contributed by atoms with van der Waals surface area (Å²) < 4.78 is 14.2. The van der Waals surface area contributed by atoms with Crippen LogP contribution < -0.4 is 20.9 Å². The number of aryl methyl sites for hydroxylation is 1. The van der Waals surface area contributed by atoms with Crippen LogP contribution in [0.1, 0.15) is 62.9 Å². The Hall–Kier alpha value is -3.82. The maximum absolute atomic E-state index is 13.0. The summed E-state index contributed by atoms with van der Waals surface area (Å²) in [4.78, 5) is 37.4. The Morgan fingerprint density at radius 1 is 1.14 bits per heavy atom. The van der Waals surface area contributed by atoms with E-state index in [4.69, 9.17) is 14.6 Å². The van der Waals surface area contributed by atoms with Gasteiger partial charge in [-0.15, -0.1) is 0 Å². The molecule has 0 bridgehead atoms. The van der Waals surface area contributed by atoms with Gasteiger partial charge in [0.2, 0.25) is 0 Å². The van der Waals surface area contributed by atoms with Crippen molar-refractivity contribution < 1.29 is 19.1 Å². The fourth-order valence-electron chi connectivity index (χ4n) is 4.45. The normalized spacial score (nSPS) is 18.0. The summed E-state index contributed by atoms with van der Waals surface area (Å²) in [5.74, 6) is -0.0539. The molecule has 1 aromatic carbocycles. The first kappa shape index (κ1) is 25.3. The first-order valence-electron chi connectivity index (χ1n) is 12.1. The van der Waals surface area contributed by atoms with Crippen molar-refractivity contribution in [3.63, 3.8) is 0 Å². The number of anilines is 1. The lowest BCUT2D eigenvalue weighted by Gasteiger charge is -2.30. The van der Waals surface area contributed by atoms with E-state index in [0.717, 1.165) is 31.1 Å². The number of fused-ring (bicyclic) bond motifs is 1. The Labute approximate surface area is 209 Å². The van der Waals surface area contributed by atoms with Gasteiger partial charge in [-0.25, -0.2) is 4.79 Å². The molecule has 36 heavy (non-hydrogen) atoms. The number of pyridine rings is 1. The van der Waals surface area contributed by atoms with Crippen molar-refractivity contribution in [2.45, 2.75) is 64.1 Å². The van der Waals surface area contributed by atoms with Gasteiger partial charge >= 0.3 is 6.09 Å². The SMILES string of the molecule is COc1cc2nn(C3CCC(NC(=O)OC(C)(C)C)CC3)cc2cc1C(=O)Nc1cccn(C)c1=O. The molecule has 10 heteroatoms. The van der Waals surface area contributed by atoms with E-state index in [1.807, 2.05) is 31.6 Å². The van der Waals surface area contributed by atoms with Crippen molar-refractivity contribution in [2.24, 2.45) is 7.05 Å². The molecule has 0 radical (unpaired) electrons. The lowest BCUT2D eigenvalue weighted by atomic mass is 9.91. The van der Waals surface area contributed by atoms with Gasteiger partial charge < -0.3 is 24.7 Å². The second-order valence-corrected chi connectivity index (χ2v) is 10.2. The smallest absolute Gasteiger partial charge is 0.407 e. The average molecular weight is 496 g/mol. The number of carbonyl (C=O) groups is 2. The van der Waals surface area contributed by atoms with Crippen LogP contribution in [0, 0.1) is 0 Å². The van der Waals surface area contributed by atoms with Gasteiger partial charge in [-0.3, -0.25) is 14.3 Å². The number of aromatic nitrogens is 3. The highest BCUT2D eigenvalue weighted by Crippen LogP contribution is 2.32. The number of methoxy groups -OCH3 is 1. The van der Waals surface area contributed by atoms with E-state index in [2.05, 4.69) is 10.6 Å². The van der Waals surface area contributed by atoms with Crippen molar-refractivity contribution in [1.29, 1.82) is 0 Å². The molecular formula is C26H33N5O5. The summed E-state index contributed by atoms with van der Waals surface area (Å²) in [6.45, 7) is 5.54. The largest absolute Gasteiger partial charge is 0.496 e. The molecule has 2 heterocycles. The second-order valence-electron chi connectivity index (χ2n) is 10.2. The maximum Gasteiger partial charge on any atom is 0.407 e. The molecule has 2 N–H and O–H groups in total. The molecular weight excluding hydrogens is 462 g/mol. The van der Waals surface area contributed by atoms with Crippen LogP contribution in [0.4, 0.5) is 10.5 Å². The van der Waals surface area contributed by atoms with Gasteiger partial charge in [-0.1, -0.05) is 0 Å². The van der Waals surface area contributed by atoms with E-state index in [-0.39, 0.29) is 29.4 Å². The van der Waals surface area contributed by atoms with Crippen molar-refractivity contribution in [3.05, 3.63) is 52.6 Å². The summed E-state index contributed by atoms with van der Waals surface area (Å²) in [6, 6.07) is 6.98. The van der Waals surface area contributed by atoms with Gasteiger partial charge in [-0.2, -0.15) is 5.10 Å². The van der Waals surface area contributed by atoms with Crippen LogP contribution in [0.15, 0.2) is 41.5 Å². The number of amides is 2. The minimum atomic E-state index is -0.524. The first-order chi connectivity index (χ1) is 17.0. The summed E-state index contributed by atoms with van der Waals surface area (Å²) in [5.41, 5.74) is 0.410. The molecule has 1 saturated carbocycles. The predicted octanol–water partition coefficient (Wildman–Crippen LogP) is 4.00. The number of hydrogen-bond donors (Lipinski definition) is 2. The molecule has 0 aliphatic heterocycles. The zero-order chi connectivity index (χ0) is 26.0. The fourth-order valence-corrected chi connectivity index (χ4v) is 4.45. The third-order valence-corrected chi connectivity index (χ3v) is 6.25. The van der Waals surface area contributed by atoms with Crippen LogP contribution in [0.5, 0.6) is 5.75 Å². The number of rotatable bonds is 5. The van der Waals surface area contributed by atoms with E-state index in [1.54, 1.807) is 37.5 Å². The number of benzene rings is 1. The molecule has 10 nitrogen and oxygen atoms in total. The van der Waals surface area contributed by atoms with Crippen LogP contribution >= 0.6 is 0 Å². The summed E-state index contributed by atoms with van der Waals surface area (Å²) in [6.07, 6.45) is 6.53. The Balaban J connectivity index is 1.47. The maximum atomic E-state index is 13.0. The number of alkyl carbamates (subject to hydrolysis) is 1. The van der Waals surface area contributed by atoms with Crippen molar-refractivity contribution in [3.8, 4) is 5.75 Å². The Morgan fingerprint density at radius 3 is 2.53 bits per heavy atom. The molecule has 2 aromatic heterocycles. The van der Waals surface area contributed by atoms with E-state index in [1.165, 1.54) is 11.7 Å². The average Bonchev–Trinajstić information content (AvgIpc) is 3.23. The number of nitrogens with one attached hydrogen (secondary N) is 2. The standard InChI is InChI=1S/C26H33N5O5/c1-26(2,3)36-25(34)27-17-8-10-18(11-9-17)31-15-16-13-19(22(35-5)14-21(16)29-31)23(32)28-20-7-6-12-30(4)24(20)33/h6-7,12-15,17-18H,8-11H2,1-5H3,(H,27,34)(H,28,32). The molecule has 0 unspecified atom stereocenters. The van der Waals surface area contributed by atoms with Crippen LogP contribution in [-0.2, 0) is 11.8 Å². The summed E-state index contributed by atoms with van der Waals surface area (Å²) >= 11 is 0. The van der Waals surface area contributed by atoms with Crippen molar-refractivity contribution >= 4 is 28.6 Å². The van der Waals surface area contributed by atoms with Gasteiger partial charge in [-0.05, 0) is 64.7 Å². The van der Waals surface area contributed by atoms with E-state index >= 15 is 0 Å². The summed E-state index contributed by atoms with van der Waals surface area (Å²) in [7, 11) is 3.12. The van der Waals surface area contributed by atoms with Gasteiger partial charge in [0, 0.05) is 36.9 Å². The molecule has 1 aliphatic rings. The van der Waals surface area contributed by atoms with E-state index < -0.39 is 11.5 Å². The van der Waals surface area contributed by atoms with Gasteiger partial charge in [0.05, 0.1) is 24.2 Å². The third kappa shape index (κ3) is 5.69. The highest BCUT2D eigenvalue weighted by molar-refractivity contribution is 6.08. The van der Waals surface area contributed by atoms with E-state index in [0.29, 0.717) is 16.8 Å². The van der Waals surface area contributed by atoms with Gasteiger partial charge in [0.25, 0.3) is 11.5 Å². The minimum Gasteiger partial charge on any atom is -0.496 e. The molecule has 0 spiro atoms. The topological polar surface area (TPSA) is 116 Å². The molecule has 4 rings (SSSR count). The minimum absolute atomic E-state index is 0.0714. The van der Waals surface area contributed by atoms with Crippen LogP contribution in [0.3, 0.4) is 0 Å². The Morgan fingerprint density at radius 2 is 1.86 bits per heavy atom. The van der Waals surface area contributed by atoms with E-state index in [9.17, 15) is 14.4 Å². The predicted molar refractivity (Wildman–Crippen MR) is 137 cm³/mol. The Kier molecular flexibility index (Phi) is 7.05. The fraction of sp³-hybridized carbons (Fsp3) is 0.462. The third-order valence-electron chi connectivity index (χ3n) is 6.25. The highest BCUT2D eigenvalue weighted by Gasteiger charge is 2.26. The van der Waals surface area contributed by atoms with Gasteiger partial charge in [0.1, 0.15) is 17.0 Å². The Bertz CT molecular complexity index is 1330. The van der Waals surface area contributed by atoms with Crippen molar-refractivity contribution in [2.75, 3.05) is 12.4 Å². The van der Waals surface area contributed by atoms with Gasteiger partial charge in [0.15, 0.2) is 0 Å². The van der Waals surface area contributed by atoms with Crippen molar-refractivity contribution in [1.82, 2.24) is 19.7 Å². The summed E-state index contributed by atoms with van der Waals surface area (Å²) in [5, 5.41) is 11.2. The zero-order valence-electron chi connectivity index (χ0n) is 21.3. The lowest BCUT2D eigenvalue weighted by Crippen LogP contribution is -2.41. The van der Waals surface area contributed by atoms with Crippen LogP contribution in [-0.4, -0.2) is 45.1 Å². The monoisotopic (exact) mass is 495 g/mol. The number of hydrogen-bond acceptors (Lipinski definition) is 6. The van der Waals surface area contributed by atoms with Crippen LogP contribution in [0.25, 0.3) is 10.9 Å². The molecule has 0 saturated heterocycles. The number of carbonyl (C=O) groups excluding carboxylic acids is 2. The second kappa shape index (κ2) is 10.0. The number of ether oxygens (including phenoxy) is 2. The molecule has 1 aliphatic carbocycles. The van der Waals surface area contributed by atoms with Crippen LogP contribution in [0.2, 0.25) is 0 Å². The highest BCUT2D eigenvalue weighted by atomic mass is 16.6.